The van der Waals surface area contributed by atoms with Gasteiger partial charge in [-0.1, -0.05) is 41.0 Å². The number of unbranched alkanes of at least 4 members (excludes halogenated alkanes) is 1. The Labute approximate surface area is 126 Å². The zero-order valence-corrected chi connectivity index (χ0v) is 14.4. The highest BCUT2D eigenvalue weighted by molar-refractivity contribution is 4.60. The predicted octanol–water partition coefficient (Wildman–Crippen LogP) is 4.30. The Morgan fingerprint density at radius 1 is 0.700 bits per heavy atom. The molecule has 0 N–H and O–H groups in total. The molecule has 0 radical (unpaired) electrons. The van der Waals surface area contributed by atoms with Crippen molar-refractivity contribution in [3.63, 3.8) is 0 Å². The van der Waals surface area contributed by atoms with Crippen LogP contribution in [0.1, 0.15) is 60.3 Å². The van der Waals surface area contributed by atoms with Gasteiger partial charge in [0.15, 0.2) is 0 Å². The van der Waals surface area contributed by atoms with E-state index in [-0.39, 0.29) is 0 Å². The molecular weight excluding hydrogens is 252 g/mol. The Hall–Kier alpha value is -0.120. The van der Waals surface area contributed by atoms with Crippen LogP contribution in [0.3, 0.4) is 0 Å². The Morgan fingerprint density at radius 2 is 1.20 bits per heavy atom. The van der Waals surface area contributed by atoms with Crippen molar-refractivity contribution in [2.45, 2.75) is 60.3 Å². The van der Waals surface area contributed by atoms with Crippen LogP contribution in [-0.2, 0) is 14.2 Å². The van der Waals surface area contributed by atoms with Crippen molar-refractivity contribution in [3.05, 3.63) is 0 Å². The summed E-state index contributed by atoms with van der Waals surface area (Å²) in [4.78, 5) is 0. The molecule has 122 valence electrons. The molecule has 0 aromatic rings. The van der Waals surface area contributed by atoms with Gasteiger partial charge in [-0.2, -0.15) is 0 Å². The Morgan fingerprint density at radius 3 is 1.70 bits per heavy atom. The average molecular weight is 288 g/mol. The molecule has 0 unspecified atom stereocenters. The summed E-state index contributed by atoms with van der Waals surface area (Å²) in [7, 11) is 0. The number of hydrogen-bond donors (Lipinski definition) is 0. The standard InChI is InChI=1S/C17H36O3/c1-16(2)8-11-19-13-15-20-14-12-18-10-7-6-9-17(3,4)5/h16H,6-15H2,1-5H3. The zero-order valence-electron chi connectivity index (χ0n) is 14.4. The minimum absolute atomic E-state index is 0.443. The molecule has 0 heterocycles. The van der Waals surface area contributed by atoms with Crippen LogP contribution in [0.2, 0.25) is 0 Å². The first kappa shape index (κ1) is 19.9. The topological polar surface area (TPSA) is 27.7 Å². The lowest BCUT2D eigenvalue weighted by Crippen LogP contribution is -2.11. The molecule has 0 fully saturated rings. The van der Waals surface area contributed by atoms with Gasteiger partial charge < -0.3 is 14.2 Å². The summed E-state index contributed by atoms with van der Waals surface area (Å²) in [6.07, 6.45) is 4.78. The first-order chi connectivity index (χ1) is 9.42. The molecule has 0 spiro atoms. The van der Waals surface area contributed by atoms with Crippen LogP contribution in [0.5, 0.6) is 0 Å². The van der Waals surface area contributed by atoms with Crippen molar-refractivity contribution in [1.82, 2.24) is 0 Å². The molecule has 3 nitrogen and oxygen atoms in total. The minimum atomic E-state index is 0.443. The molecule has 20 heavy (non-hydrogen) atoms. The lowest BCUT2D eigenvalue weighted by Gasteiger charge is -2.17. The SMILES string of the molecule is CC(C)CCOCCOCCOCCCCC(C)(C)C. The van der Waals surface area contributed by atoms with E-state index in [1.165, 1.54) is 12.8 Å². The van der Waals surface area contributed by atoms with Crippen molar-refractivity contribution in [1.29, 1.82) is 0 Å². The molecule has 0 saturated carbocycles. The van der Waals surface area contributed by atoms with Gasteiger partial charge in [0.25, 0.3) is 0 Å². The summed E-state index contributed by atoms with van der Waals surface area (Å²) < 4.78 is 16.5. The maximum absolute atomic E-state index is 5.54. The van der Waals surface area contributed by atoms with E-state index in [0.717, 1.165) is 26.1 Å². The molecule has 0 aliphatic heterocycles. The molecule has 0 aromatic heterocycles. The van der Waals surface area contributed by atoms with Crippen LogP contribution in [0.25, 0.3) is 0 Å². The van der Waals surface area contributed by atoms with Gasteiger partial charge in [0.2, 0.25) is 0 Å². The third-order valence-electron chi connectivity index (χ3n) is 3.05. The molecule has 0 amide bonds. The Balaban J connectivity index is 3.03. The maximum atomic E-state index is 5.54. The van der Waals surface area contributed by atoms with Gasteiger partial charge in [0, 0.05) is 13.2 Å². The van der Waals surface area contributed by atoms with E-state index in [1.807, 2.05) is 0 Å². The lowest BCUT2D eigenvalue weighted by molar-refractivity contribution is 0.0120. The summed E-state index contributed by atoms with van der Waals surface area (Å²) in [6.45, 7) is 15.7. The fourth-order valence-corrected chi connectivity index (χ4v) is 1.72. The largest absolute Gasteiger partial charge is 0.379 e. The molecule has 0 atom stereocenters. The fourth-order valence-electron chi connectivity index (χ4n) is 1.72. The molecule has 0 bridgehead atoms. The van der Waals surface area contributed by atoms with E-state index in [4.69, 9.17) is 14.2 Å². The van der Waals surface area contributed by atoms with Gasteiger partial charge in [-0.25, -0.2) is 0 Å². The van der Waals surface area contributed by atoms with Crippen LogP contribution in [-0.4, -0.2) is 39.6 Å². The highest BCUT2D eigenvalue weighted by Gasteiger charge is 2.08. The van der Waals surface area contributed by atoms with Gasteiger partial charge in [0.1, 0.15) is 0 Å². The highest BCUT2D eigenvalue weighted by Crippen LogP contribution is 2.21. The first-order valence-electron chi connectivity index (χ1n) is 8.15. The van der Waals surface area contributed by atoms with Crippen LogP contribution in [0.4, 0.5) is 0 Å². The van der Waals surface area contributed by atoms with E-state index < -0.39 is 0 Å². The second kappa shape index (κ2) is 12.6. The van der Waals surface area contributed by atoms with Crippen molar-refractivity contribution < 1.29 is 14.2 Å². The van der Waals surface area contributed by atoms with Gasteiger partial charge in [-0.15, -0.1) is 0 Å². The highest BCUT2D eigenvalue weighted by atomic mass is 16.5. The monoisotopic (exact) mass is 288 g/mol. The van der Waals surface area contributed by atoms with E-state index in [2.05, 4.69) is 34.6 Å². The number of ether oxygens (including phenoxy) is 3. The number of hydrogen-bond acceptors (Lipinski definition) is 3. The van der Waals surface area contributed by atoms with Gasteiger partial charge >= 0.3 is 0 Å². The third kappa shape index (κ3) is 17.9. The summed E-state index contributed by atoms with van der Waals surface area (Å²) in [6, 6.07) is 0. The van der Waals surface area contributed by atoms with Crippen LogP contribution < -0.4 is 0 Å². The Kier molecular flexibility index (Phi) is 12.5. The fraction of sp³-hybridized carbons (Fsp3) is 1.00. The smallest absolute Gasteiger partial charge is 0.0701 e. The van der Waals surface area contributed by atoms with Gasteiger partial charge in [0.05, 0.1) is 26.4 Å². The van der Waals surface area contributed by atoms with Gasteiger partial charge in [-0.05, 0) is 30.6 Å². The molecular formula is C17H36O3. The van der Waals surface area contributed by atoms with Crippen molar-refractivity contribution in [2.24, 2.45) is 11.3 Å². The average Bonchev–Trinajstić information content (AvgIpc) is 2.33. The van der Waals surface area contributed by atoms with Crippen molar-refractivity contribution in [3.8, 4) is 0 Å². The van der Waals surface area contributed by atoms with Crippen molar-refractivity contribution in [2.75, 3.05) is 39.6 Å². The predicted molar refractivity (Wildman–Crippen MR) is 85.2 cm³/mol. The summed E-state index contributed by atoms with van der Waals surface area (Å²) in [5.74, 6) is 0.711. The molecule has 0 rings (SSSR count). The molecule has 3 heteroatoms. The quantitative estimate of drug-likeness (QED) is 0.473. The number of rotatable bonds is 13. The zero-order chi connectivity index (χ0) is 15.3. The summed E-state index contributed by atoms with van der Waals surface area (Å²) in [5, 5.41) is 0. The van der Waals surface area contributed by atoms with Crippen LogP contribution in [0, 0.1) is 11.3 Å². The summed E-state index contributed by atoms with van der Waals surface area (Å²) in [5.41, 5.74) is 0.443. The van der Waals surface area contributed by atoms with Crippen LogP contribution >= 0.6 is 0 Å². The third-order valence-corrected chi connectivity index (χ3v) is 3.05. The van der Waals surface area contributed by atoms with Crippen LogP contribution in [0.15, 0.2) is 0 Å². The van der Waals surface area contributed by atoms with E-state index >= 15 is 0 Å². The van der Waals surface area contributed by atoms with Crippen molar-refractivity contribution >= 4 is 0 Å². The molecule has 0 aromatic carbocycles. The normalized spacial score (nSPS) is 12.3. The maximum Gasteiger partial charge on any atom is 0.0701 e. The second-order valence-corrected chi connectivity index (χ2v) is 7.04. The Bertz CT molecular complexity index is 197. The minimum Gasteiger partial charge on any atom is -0.379 e. The second-order valence-electron chi connectivity index (χ2n) is 7.04. The lowest BCUT2D eigenvalue weighted by atomic mass is 9.90. The summed E-state index contributed by atoms with van der Waals surface area (Å²) >= 11 is 0. The van der Waals surface area contributed by atoms with E-state index in [9.17, 15) is 0 Å². The molecule has 0 aliphatic rings. The van der Waals surface area contributed by atoms with E-state index in [0.29, 0.717) is 37.8 Å². The molecule has 0 saturated heterocycles. The first-order valence-corrected chi connectivity index (χ1v) is 8.15. The van der Waals surface area contributed by atoms with E-state index in [1.54, 1.807) is 0 Å². The molecule has 0 aliphatic carbocycles. The van der Waals surface area contributed by atoms with Gasteiger partial charge in [-0.3, -0.25) is 0 Å².